The fraction of sp³-hybridized carbons (Fsp3) is 0.500. The molecule has 2 amide bonds. The Kier molecular flexibility index (Phi) is 9.06. The summed E-state index contributed by atoms with van der Waals surface area (Å²) < 4.78 is 0. The van der Waals surface area contributed by atoms with E-state index in [1.807, 2.05) is 32.0 Å². The molecule has 0 radical (unpaired) electrons. The Balaban J connectivity index is 2.12. The minimum absolute atomic E-state index is 0.00130. The van der Waals surface area contributed by atoms with Gasteiger partial charge in [0.1, 0.15) is 6.04 Å². The molecule has 2 rings (SSSR count). The van der Waals surface area contributed by atoms with Crippen LogP contribution in [0.15, 0.2) is 48.5 Å². The number of amides is 2. The lowest BCUT2D eigenvalue weighted by Gasteiger charge is -2.29. The number of aryl methyl sites for hydroxylation is 2. The highest BCUT2D eigenvalue weighted by Crippen LogP contribution is 2.22. The Bertz CT molecular complexity index is 894. The molecule has 0 fully saturated rings. The van der Waals surface area contributed by atoms with E-state index in [0.29, 0.717) is 31.8 Å². The summed E-state index contributed by atoms with van der Waals surface area (Å²) in [6.45, 7) is 15.6. The zero-order valence-corrected chi connectivity index (χ0v) is 20.9. The third kappa shape index (κ3) is 7.81. The van der Waals surface area contributed by atoms with Gasteiger partial charge < -0.3 is 10.2 Å². The van der Waals surface area contributed by atoms with E-state index in [4.69, 9.17) is 0 Å². The lowest BCUT2D eigenvalue weighted by Crippen LogP contribution is -2.48. The Morgan fingerprint density at radius 2 is 1.62 bits per heavy atom. The van der Waals surface area contributed by atoms with Crippen LogP contribution in [0.4, 0.5) is 0 Å². The molecule has 174 valence electrons. The molecule has 0 bridgehead atoms. The van der Waals surface area contributed by atoms with E-state index in [1.54, 1.807) is 4.90 Å². The number of hydrogen-bond acceptors (Lipinski definition) is 2. The monoisotopic (exact) mass is 436 g/mol. The van der Waals surface area contributed by atoms with Crippen molar-refractivity contribution in [1.82, 2.24) is 10.2 Å². The highest BCUT2D eigenvalue weighted by atomic mass is 16.2. The SMILES string of the molecule is Cc1cccc(CN(C(=O)CCc2ccc(C(C)(C)C)cc2)[C@H](C)C(=O)NCC(C)C)c1. The molecule has 0 unspecified atom stereocenters. The Morgan fingerprint density at radius 3 is 2.19 bits per heavy atom. The van der Waals surface area contributed by atoms with Gasteiger partial charge in [0, 0.05) is 19.5 Å². The number of carbonyl (C=O) groups excluding carboxylic acids is 2. The molecule has 2 aromatic rings. The van der Waals surface area contributed by atoms with Gasteiger partial charge in [-0.15, -0.1) is 0 Å². The number of nitrogens with zero attached hydrogens (tertiary/aromatic N) is 1. The van der Waals surface area contributed by atoms with Gasteiger partial charge in [-0.05, 0) is 48.3 Å². The lowest BCUT2D eigenvalue weighted by molar-refractivity contribution is -0.140. The molecular formula is C28H40N2O2. The van der Waals surface area contributed by atoms with E-state index in [-0.39, 0.29) is 17.2 Å². The molecule has 1 N–H and O–H groups in total. The number of benzene rings is 2. The third-order valence-corrected chi connectivity index (χ3v) is 5.73. The molecule has 4 heteroatoms. The molecule has 0 aliphatic carbocycles. The predicted molar refractivity (Wildman–Crippen MR) is 133 cm³/mol. The summed E-state index contributed by atoms with van der Waals surface area (Å²) in [7, 11) is 0. The molecule has 1 atom stereocenters. The molecule has 2 aromatic carbocycles. The van der Waals surface area contributed by atoms with Crippen LogP contribution in [0.1, 0.15) is 70.2 Å². The molecular weight excluding hydrogens is 396 g/mol. The average molecular weight is 437 g/mol. The van der Waals surface area contributed by atoms with Crippen molar-refractivity contribution in [1.29, 1.82) is 0 Å². The van der Waals surface area contributed by atoms with Crippen LogP contribution in [0.3, 0.4) is 0 Å². The molecule has 32 heavy (non-hydrogen) atoms. The maximum absolute atomic E-state index is 13.3. The summed E-state index contributed by atoms with van der Waals surface area (Å²) in [6, 6.07) is 16.1. The van der Waals surface area contributed by atoms with Gasteiger partial charge in [-0.2, -0.15) is 0 Å². The first-order valence-electron chi connectivity index (χ1n) is 11.7. The van der Waals surface area contributed by atoms with E-state index in [0.717, 1.165) is 16.7 Å². The quantitative estimate of drug-likeness (QED) is 0.571. The average Bonchev–Trinajstić information content (AvgIpc) is 2.73. The first kappa shape index (κ1) is 25.6. The van der Waals surface area contributed by atoms with E-state index >= 15 is 0 Å². The summed E-state index contributed by atoms with van der Waals surface area (Å²) >= 11 is 0. The standard InChI is InChI=1S/C28H40N2O2/c1-20(2)18-29-27(32)22(4)30(19-24-10-8-9-21(3)17-24)26(31)16-13-23-11-14-25(15-12-23)28(5,6)7/h8-12,14-15,17,20,22H,13,16,18-19H2,1-7H3,(H,29,32)/t22-/m1/s1. The Hall–Kier alpha value is -2.62. The zero-order chi connectivity index (χ0) is 23.9. The largest absolute Gasteiger partial charge is 0.354 e. The van der Waals surface area contributed by atoms with E-state index in [2.05, 4.69) is 70.3 Å². The van der Waals surface area contributed by atoms with Crippen molar-refractivity contribution in [3.05, 3.63) is 70.8 Å². The zero-order valence-electron chi connectivity index (χ0n) is 20.9. The van der Waals surface area contributed by atoms with Crippen LogP contribution in [-0.4, -0.2) is 29.3 Å². The van der Waals surface area contributed by atoms with Crippen LogP contribution < -0.4 is 5.32 Å². The van der Waals surface area contributed by atoms with Crippen molar-refractivity contribution in [2.75, 3.05) is 6.54 Å². The second-order valence-corrected chi connectivity index (χ2v) is 10.3. The smallest absolute Gasteiger partial charge is 0.242 e. The highest BCUT2D eigenvalue weighted by molar-refractivity contribution is 5.87. The van der Waals surface area contributed by atoms with Gasteiger partial charge in [0.05, 0.1) is 0 Å². The van der Waals surface area contributed by atoms with Crippen LogP contribution >= 0.6 is 0 Å². The first-order chi connectivity index (χ1) is 15.0. The van der Waals surface area contributed by atoms with Crippen LogP contribution in [0.2, 0.25) is 0 Å². The summed E-state index contributed by atoms with van der Waals surface area (Å²) in [5.41, 5.74) is 4.71. The van der Waals surface area contributed by atoms with E-state index in [1.165, 1.54) is 5.56 Å². The fourth-order valence-electron chi connectivity index (χ4n) is 3.61. The minimum atomic E-state index is -0.523. The Labute approximate surface area is 194 Å². The molecule has 0 aliphatic heterocycles. The summed E-state index contributed by atoms with van der Waals surface area (Å²) in [5, 5.41) is 2.98. The summed E-state index contributed by atoms with van der Waals surface area (Å²) in [5.74, 6) is 0.260. The summed E-state index contributed by atoms with van der Waals surface area (Å²) in [4.78, 5) is 27.7. The lowest BCUT2D eigenvalue weighted by atomic mass is 9.86. The molecule has 0 saturated carbocycles. The molecule has 0 spiro atoms. The van der Waals surface area contributed by atoms with Crippen molar-refractivity contribution in [3.63, 3.8) is 0 Å². The second kappa shape index (κ2) is 11.3. The molecule has 0 aliphatic rings. The van der Waals surface area contributed by atoms with Crippen molar-refractivity contribution in [2.45, 2.75) is 79.3 Å². The van der Waals surface area contributed by atoms with E-state index < -0.39 is 6.04 Å². The van der Waals surface area contributed by atoms with Gasteiger partial charge in [-0.1, -0.05) is 88.7 Å². The highest BCUT2D eigenvalue weighted by Gasteiger charge is 2.26. The van der Waals surface area contributed by atoms with Crippen molar-refractivity contribution in [3.8, 4) is 0 Å². The molecule has 0 aromatic heterocycles. The summed E-state index contributed by atoms with van der Waals surface area (Å²) in [6.07, 6.45) is 1.04. The molecule has 4 nitrogen and oxygen atoms in total. The van der Waals surface area contributed by atoms with Crippen LogP contribution in [-0.2, 0) is 28.0 Å². The van der Waals surface area contributed by atoms with Crippen LogP contribution in [0.5, 0.6) is 0 Å². The van der Waals surface area contributed by atoms with Gasteiger partial charge >= 0.3 is 0 Å². The van der Waals surface area contributed by atoms with Crippen LogP contribution in [0.25, 0.3) is 0 Å². The Morgan fingerprint density at radius 1 is 0.969 bits per heavy atom. The van der Waals surface area contributed by atoms with Gasteiger partial charge in [0.15, 0.2) is 0 Å². The number of nitrogens with one attached hydrogen (secondary N) is 1. The first-order valence-corrected chi connectivity index (χ1v) is 11.7. The van der Waals surface area contributed by atoms with Crippen molar-refractivity contribution >= 4 is 11.8 Å². The maximum Gasteiger partial charge on any atom is 0.242 e. The topological polar surface area (TPSA) is 49.4 Å². The van der Waals surface area contributed by atoms with Gasteiger partial charge in [0.25, 0.3) is 0 Å². The normalized spacial score (nSPS) is 12.5. The second-order valence-electron chi connectivity index (χ2n) is 10.3. The maximum atomic E-state index is 13.3. The van der Waals surface area contributed by atoms with Gasteiger partial charge in [-0.25, -0.2) is 0 Å². The van der Waals surface area contributed by atoms with Crippen LogP contribution in [0, 0.1) is 12.8 Å². The molecule has 0 saturated heterocycles. The number of rotatable bonds is 9. The third-order valence-electron chi connectivity index (χ3n) is 5.73. The molecule has 0 heterocycles. The fourth-order valence-corrected chi connectivity index (χ4v) is 3.61. The predicted octanol–water partition coefficient (Wildman–Crippen LogP) is 5.41. The van der Waals surface area contributed by atoms with E-state index in [9.17, 15) is 9.59 Å². The number of hydrogen-bond donors (Lipinski definition) is 1. The van der Waals surface area contributed by atoms with Crippen molar-refractivity contribution in [2.24, 2.45) is 5.92 Å². The number of carbonyl (C=O) groups is 2. The minimum Gasteiger partial charge on any atom is -0.354 e. The van der Waals surface area contributed by atoms with Gasteiger partial charge in [0.2, 0.25) is 11.8 Å². The van der Waals surface area contributed by atoms with Crippen molar-refractivity contribution < 1.29 is 9.59 Å². The van der Waals surface area contributed by atoms with Gasteiger partial charge in [-0.3, -0.25) is 9.59 Å².